The molecule has 3 aromatic rings. The first-order valence-electron chi connectivity index (χ1n) is 10.9. The quantitative estimate of drug-likeness (QED) is 0.130. The van der Waals surface area contributed by atoms with E-state index >= 15 is 0 Å². The first-order chi connectivity index (χ1) is 17.2. The number of halogens is 2. The van der Waals surface area contributed by atoms with Crippen LogP contribution in [0.2, 0.25) is 5.02 Å². The van der Waals surface area contributed by atoms with Crippen molar-refractivity contribution in [3.8, 4) is 11.5 Å². The number of cyclic esters (lactones) is 1. The number of carbonyl (C=O) groups excluding carboxylic acids is 1. The summed E-state index contributed by atoms with van der Waals surface area (Å²) in [6.07, 6.45) is 1.57. The molecule has 0 N–H and O–H groups in total. The van der Waals surface area contributed by atoms with E-state index in [0.717, 1.165) is 5.56 Å². The summed E-state index contributed by atoms with van der Waals surface area (Å²) in [5, 5.41) is 11.7. The maximum atomic E-state index is 12.5. The van der Waals surface area contributed by atoms with Gasteiger partial charge in [0.15, 0.2) is 17.2 Å². The van der Waals surface area contributed by atoms with E-state index in [-0.39, 0.29) is 23.9 Å². The normalized spacial score (nSPS) is 13.9. The van der Waals surface area contributed by atoms with Gasteiger partial charge in [0.1, 0.15) is 6.61 Å². The second kappa shape index (κ2) is 10.9. The molecular weight excluding hydrogens is 552 g/mol. The Kier molecular flexibility index (Phi) is 7.71. The second-order valence-corrected chi connectivity index (χ2v) is 9.07. The van der Waals surface area contributed by atoms with Crippen LogP contribution in [-0.4, -0.2) is 23.4 Å². The van der Waals surface area contributed by atoms with Crippen molar-refractivity contribution in [3.05, 3.63) is 102 Å². The zero-order valence-corrected chi connectivity index (χ0v) is 21.6. The Morgan fingerprint density at radius 3 is 2.67 bits per heavy atom. The highest BCUT2D eigenvalue weighted by Crippen LogP contribution is 2.38. The van der Waals surface area contributed by atoms with Gasteiger partial charge in [-0.2, -0.15) is 0 Å². The molecular formula is C26H20BrClN2O6. The van der Waals surface area contributed by atoms with E-state index in [0.29, 0.717) is 44.3 Å². The molecule has 1 heterocycles. The molecule has 36 heavy (non-hydrogen) atoms. The van der Waals surface area contributed by atoms with Gasteiger partial charge in [0.2, 0.25) is 5.90 Å². The predicted octanol–water partition coefficient (Wildman–Crippen LogP) is 6.64. The zero-order chi connectivity index (χ0) is 25.8. The Labute approximate surface area is 220 Å². The third-order valence-corrected chi connectivity index (χ3v) is 5.99. The molecule has 0 radical (unpaired) electrons. The summed E-state index contributed by atoms with van der Waals surface area (Å²) < 4.78 is 17.7. The predicted molar refractivity (Wildman–Crippen MR) is 140 cm³/mol. The van der Waals surface area contributed by atoms with E-state index in [2.05, 4.69) is 20.9 Å². The fraction of sp³-hybridized carbons (Fsp3) is 0.154. The molecule has 0 amide bonds. The first-order valence-corrected chi connectivity index (χ1v) is 12.0. The average molecular weight is 572 g/mol. The molecule has 1 aliphatic heterocycles. The van der Waals surface area contributed by atoms with Crippen LogP contribution in [0.25, 0.3) is 6.08 Å². The van der Waals surface area contributed by atoms with Gasteiger partial charge in [-0.15, -0.1) is 0 Å². The largest absolute Gasteiger partial charge is 0.490 e. The number of hydrogen-bond donors (Lipinski definition) is 0. The van der Waals surface area contributed by atoms with Gasteiger partial charge >= 0.3 is 5.97 Å². The van der Waals surface area contributed by atoms with Gasteiger partial charge in [-0.1, -0.05) is 23.7 Å². The van der Waals surface area contributed by atoms with Crippen molar-refractivity contribution >= 4 is 51.2 Å². The summed E-state index contributed by atoms with van der Waals surface area (Å²) in [7, 11) is 0. The van der Waals surface area contributed by atoms with Crippen LogP contribution in [0, 0.1) is 17.0 Å². The standard InChI is InChI=1S/C26H20BrClN2O6/c1-3-34-23-13-17(11-20(27)24(23)35-14-16-5-4-6-19(28)10-16)12-21-26(31)36-25(29-21)18-7-8-22(30(32)33)15(2)9-18/h4-13H,3,14H2,1-2H3/b21-12-. The number of ether oxygens (including phenoxy) is 3. The lowest BCUT2D eigenvalue weighted by molar-refractivity contribution is -0.385. The fourth-order valence-corrected chi connectivity index (χ4v) is 4.33. The van der Waals surface area contributed by atoms with E-state index in [1.165, 1.54) is 12.1 Å². The number of nitro groups is 1. The molecule has 10 heteroatoms. The number of carbonyl (C=O) groups is 1. The van der Waals surface area contributed by atoms with Gasteiger partial charge in [-0.05, 0) is 83.4 Å². The van der Waals surface area contributed by atoms with E-state index in [1.807, 2.05) is 25.1 Å². The number of esters is 1. The average Bonchev–Trinajstić information content (AvgIpc) is 3.18. The highest BCUT2D eigenvalue weighted by molar-refractivity contribution is 9.10. The molecule has 0 aliphatic carbocycles. The molecule has 0 atom stereocenters. The van der Waals surface area contributed by atoms with Crippen LogP contribution in [0.5, 0.6) is 11.5 Å². The monoisotopic (exact) mass is 570 g/mol. The summed E-state index contributed by atoms with van der Waals surface area (Å²) >= 11 is 9.59. The summed E-state index contributed by atoms with van der Waals surface area (Å²) in [6.45, 7) is 4.16. The molecule has 0 unspecified atom stereocenters. The second-order valence-electron chi connectivity index (χ2n) is 7.78. The number of rotatable bonds is 8. The van der Waals surface area contributed by atoms with Crippen molar-refractivity contribution in [3.63, 3.8) is 0 Å². The van der Waals surface area contributed by atoms with E-state index in [9.17, 15) is 14.9 Å². The van der Waals surface area contributed by atoms with Crippen molar-refractivity contribution in [2.45, 2.75) is 20.5 Å². The first kappa shape index (κ1) is 25.4. The Morgan fingerprint density at radius 1 is 1.17 bits per heavy atom. The fourth-order valence-electron chi connectivity index (χ4n) is 3.54. The number of nitro benzene ring substituents is 1. The Balaban J connectivity index is 1.61. The van der Waals surface area contributed by atoms with Crippen LogP contribution in [-0.2, 0) is 16.1 Å². The molecule has 0 saturated heterocycles. The van der Waals surface area contributed by atoms with E-state index < -0.39 is 10.9 Å². The maximum Gasteiger partial charge on any atom is 0.363 e. The van der Waals surface area contributed by atoms with Crippen molar-refractivity contribution in [2.75, 3.05) is 6.61 Å². The Morgan fingerprint density at radius 2 is 1.97 bits per heavy atom. The number of aliphatic imine (C=N–C) groups is 1. The van der Waals surface area contributed by atoms with E-state index in [4.69, 9.17) is 25.8 Å². The SMILES string of the molecule is CCOc1cc(/C=C2\N=C(c3ccc([N+](=O)[O-])c(C)c3)OC2=O)cc(Br)c1OCc1cccc(Cl)c1. The molecule has 3 aromatic carbocycles. The van der Waals surface area contributed by atoms with Gasteiger partial charge in [-0.3, -0.25) is 10.1 Å². The minimum atomic E-state index is -0.628. The zero-order valence-electron chi connectivity index (χ0n) is 19.3. The van der Waals surface area contributed by atoms with Crippen LogP contribution in [0.1, 0.15) is 29.2 Å². The van der Waals surface area contributed by atoms with Crippen LogP contribution in [0.15, 0.2) is 69.8 Å². The minimum absolute atomic E-state index is 0.0228. The Hall–Kier alpha value is -3.69. The number of aryl methyl sites for hydroxylation is 1. The smallest absolute Gasteiger partial charge is 0.363 e. The maximum absolute atomic E-state index is 12.5. The lowest BCUT2D eigenvalue weighted by Crippen LogP contribution is -2.06. The van der Waals surface area contributed by atoms with Crippen LogP contribution >= 0.6 is 27.5 Å². The molecule has 184 valence electrons. The molecule has 1 aliphatic rings. The minimum Gasteiger partial charge on any atom is -0.490 e. The third-order valence-electron chi connectivity index (χ3n) is 5.17. The summed E-state index contributed by atoms with van der Waals surface area (Å²) in [5.41, 5.74) is 2.51. The van der Waals surface area contributed by atoms with E-state index in [1.54, 1.807) is 37.3 Å². The van der Waals surface area contributed by atoms with Gasteiger partial charge in [-0.25, -0.2) is 9.79 Å². The molecule has 0 spiro atoms. The molecule has 8 nitrogen and oxygen atoms in total. The number of nitrogens with zero attached hydrogens (tertiary/aromatic N) is 2. The highest BCUT2D eigenvalue weighted by atomic mass is 79.9. The highest BCUT2D eigenvalue weighted by Gasteiger charge is 2.26. The molecule has 4 rings (SSSR count). The van der Waals surface area contributed by atoms with Crippen LogP contribution in [0.3, 0.4) is 0 Å². The summed E-state index contributed by atoms with van der Waals surface area (Å²) in [5.74, 6) is 0.451. The summed E-state index contributed by atoms with van der Waals surface area (Å²) in [4.78, 5) is 27.4. The summed E-state index contributed by atoms with van der Waals surface area (Å²) in [6, 6.07) is 15.3. The van der Waals surface area contributed by atoms with Crippen LogP contribution in [0.4, 0.5) is 5.69 Å². The van der Waals surface area contributed by atoms with Crippen molar-refractivity contribution < 1.29 is 23.9 Å². The van der Waals surface area contributed by atoms with Gasteiger partial charge in [0.25, 0.3) is 5.69 Å². The number of hydrogen-bond acceptors (Lipinski definition) is 7. The number of benzene rings is 3. The van der Waals surface area contributed by atoms with Crippen molar-refractivity contribution in [1.82, 2.24) is 0 Å². The topological polar surface area (TPSA) is 100 Å². The lowest BCUT2D eigenvalue weighted by atomic mass is 10.1. The van der Waals surface area contributed by atoms with Gasteiger partial charge in [0, 0.05) is 22.2 Å². The third kappa shape index (κ3) is 5.75. The Bertz CT molecular complexity index is 1420. The van der Waals surface area contributed by atoms with Crippen molar-refractivity contribution in [1.29, 1.82) is 0 Å². The molecule has 0 aromatic heterocycles. The van der Waals surface area contributed by atoms with Crippen LogP contribution < -0.4 is 9.47 Å². The lowest BCUT2D eigenvalue weighted by Gasteiger charge is -2.15. The molecule has 0 saturated carbocycles. The van der Waals surface area contributed by atoms with Crippen molar-refractivity contribution in [2.24, 2.45) is 4.99 Å². The molecule has 0 bridgehead atoms. The van der Waals surface area contributed by atoms with Gasteiger partial charge in [0.05, 0.1) is 16.0 Å². The van der Waals surface area contributed by atoms with Gasteiger partial charge < -0.3 is 14.2 Å². The molecule has 0 fully saturated rings.